The molecule has 0 radical (unpaired) electrons. The largest absolute Gasteiger partial charge is 0.471 e. The van der Waals surface area contributed by atoms with Crippen LogP contribution in [0.15, 0.2) is 88.8 Å². The van der Waals surface area contributed by atoms with Gasteiger partial charge in [0.05, 0.1) is 5.69 Å². The maximum absolute atomic E-state index is 12.8. The quantitative estimate of drug-likeness (QED) is 0.335. The molecule has 0 spiro atoms. The van der Waals surface area contributed by atoms with Gasteiger partial charge in [0, 0.05) is 21.0 Å². The highest BCUT2D eigenvalue weighted by Gasteiger charge is 2.13. The van der Waals surface area contributed by atoms with E-state index in [1.807, 2.05) is 74.5 Å². The molecule has 0 atom stereocenters. The van der Waals surface area contributed by atoms with Gasteiger partial charge in [0.15, 0.2) is 12.4 Å². The van der Waals surface area contributed by atoms with Gasteiger partial charge >= 0.3 is 0 Å². The Kier molecular flexibility index (Phi) is 6.83. The average Bonchev–Trinajstić information content (AvgIpc) is 3.25. The monoisotopic (exact) mass is 463 g/mol. The van der Waals surface area contributed by atoms with Crippen molar-refractivity contribution in [3.8, 4) is 5.75 Å². The Morgan fingerprint density at radius 1 is 1.06 bits per heavy atom. The Morgan fingerprint density at radius 2 is 1.84 bits per heavy atom. The van der Waals surface area contributed by atoms with Crippen LogP contribution < -0.4 is 10.1 Å². The number of hydrogen-bond donors (Lipinski definition) is 1. The van der Waals surface area contributed by atoms with Crippen LogP contribution in [-0.2, 0) is 6.73 Å². The van der Waals surface area contributed by atoms with E-state index in [1.165, 1.54) is 5.56 Å². The Morgan fingerprint density at radius 3 is 2.62 bits per heavy atom. The zero-order valence-corrected chi connectivity index (χ0v) is 19.3. The molecule has 1 aromatic heterocycles. The molecule has 1 N–H and O–H groups in total. The van der Waals surface area contributed by atoms with E-state index in [9.17, 15) is 4.79 Å². The highest BCUT2D eigenvalue weighted by atomic mass is 35.5. The van der Waals surface area contributed by atoms with Gasteiger partial charge in [0.2, 0.25) is 0 Å². The number of carbonyl (C=O) groups is 1. The number of anilines is 1. The first kappa shape index (κ1) is 22.0. The summed E-state index contributed by atoms with van der Waals surface area (Å²) in [5, 5.41) is 8.00. The third-order valence-electron chi connectivity index (χ3n) is 4.73. The minimum Gasteiger partial charge on any atom is -0.471 e. The molecule has 0 saturated heterocycles. The molecule has 0 aliphatic rings. The van der Waals surface area contributed by atoms with Crippen LogP contribution in [0, 0.1) is 13.8 Å². The summed E-state index contributed by atoms with van der Waals surface area (Å²) in [7, 11) is 0. The van der Waals surface area contributed by atoms with Crippen LogP contribution in [0.3, 0.4) is 0 Å². The van der Waals surface area contributed by atoms with E-state index in [-0.39, 0.29) is 12.6 Å². The first-order valence-electron chi connectivity index (χ1n) is 10.1. The summed E-state index contributed by atoms with van der Waals surface area (Å²) < 4.78 is 7.44. The zero-order valence-electron chi connectivity index (χ0n) is 17.7. The summed E-state index contributed by atoms with van der Waals surface area (Å²) >= 11 is 7.53. The van der Waals surface area contributed by atoms with Crippen molar-refractivity contribution >= 4 is 35.0 Å². The molecule has 32 heavy (non-hydrogen) atoms. The number of para-hydroxylation sites is 1. The number of nitrogens with one attached hydrogen (secondary N) is 1. The number of benzene rings is 3. The first-order valence-corrected chi connectivity index (χ1v) is 11.2. The standard InChI is InChI=1S/C25H22ClN3O2S/c1-17-7-12-23(18(2)15-17)31-16-29-14-13-22(28-29)25(30)27-21-5-3-4-6-24(21)32-20-10-8-19(26)9-11-20/h3-15H,16H2,1-2H3,(H,27,30). The van der Waals surface area contributed by atoms with E-state index >= 15 is 0 Å². The number of ether oxygens (including phenoxy) is 1. The highest BCUT2D eigenvalue weighted by Crippen LogP contribution is 2.34. The van der Waals surface area contributed by atoms with Crippen molar-refractivity contribution in [2.45, 2.75) is 30.4 Å². The van der Waals surface area contributed by atoms with Gasteiger partial charge in [-0.15, -0.1) is 0 Å². The fraction of sp³-hybridized carbons (Fsp3) is 0.120. The molecule has 0 bridgehead atoms. The second-order valence-corrected chi connectivity index (χ2v) is 8.84. The molecule has 3 aromatic carbocycles. The van der Waals surface area contributed by atoms with Crippen molar-refractivity contribution in [3.05, 3.63) is 101 Å². The van der Waals surface area contributed by atoms with Gasteiger partial charge in [-0.25, -0.2) is 4.68 Å². The number of carbonyl (C=O) groups excluding carboxylic acids is 1. The second-order valence-electron chi connectivity index (χ2n) is 7.29. The normalized spacial score (nSPS) is 10.7. The molecule has 0 unspecified atom stereocenters. The van der Waals surface area contributed by atoms with Crippen LogP contribution in [0.1, 0.15) is 21.6 Å². The predicted octanol–water partition coefficient (Wildman–Crippen LogP) is 6.59. The van der Waals surface area contributed by atoms with Crippen molar-refractivity contribution in [1.29, 1.82) is 0 Å². The van der Waals surface area contributed by atoms with Crippen LogP contribution >= 0.6 is 23.4 Å². The molecular weight excluding hydrogens is 442 g/mol. The van der Waals surface area contributed by atoms with Gasteiger partial charge < -0.3 is 10.1 Å². The van der Waals surface area contributed by atoms with E-state index in [1.54, 1.807) is 28.7 Å². The number of hydrogen-bond acceptors (Lipinski definition) is 4. The third kappa shape index (κ3) is 5.52. The topological polar surface area (TPSA) is 56.1 Å². The van der Waals surface area contributed by atoms with Crippen molar-refractivity contribution in [3.63, 3.8) is 0 Å². The van der Waals surface area contributed by atoms with E-state index in [0.29, 0.717) is 10.7 Å². The molecule has 4 rings (SSSR count). The zero-order chi connectivity index (χ0) is 22.5. The number of nitrogens with zero attached hydrogens (tertiary/aromatic N) is 2. The number of amides is 1. The molecule has 1 heterocycles. The van der Waals surface area contributed by atoms with Gasteiger partial charge in [-0.3, -0.25) is 4.79 Å². The number of halogens is 1. The number of aryl methyl sites for hydroxylation is 2. The summed E-state index contributed by atoms with van der Waals surface area (Å²) in [4.78, 5) is 14.8. The molecule has 162 valence electrons. The molecule has 4 aromatic rings. The molecule has 7 heteroatoms. The van der Waals surface area contributed by atoms with Crippen molar-refractivity contribution in [2.75, 3.05) is 5.32 Å². The van der Waals surface area contributed by atoms with Gasteiger partial charge in [0.25, 0.3) is 5.91 Å². The summed E-state index contributed by atoms with van der Waals surface area (Å²) in [6.07, 6.45) is 1.73. The lowest BCUT2D eigenvalue weighted by molar-refractivity contribution is 0.102. The third-order valence-corrected chi connectivity index (χ3v) is 6.07. The summed E-state index contributed by atoms with van der Waals surface area (Å²) in [5.74, 6) is 0.518. The summed E-state index contributed by atoms with van der Waals surface area (Å²) in [5.41, 5.74) is 3.28. The van der Waals surface area contributed by atoms with Crippen LogP contribution in [0.25, 0.3) is 0 Å². The predicted molar refractivity (Wildman–Crippen MR) is 129 cm³/mol. The molecular formula is C25H22ClN3O2S. The lowest BCUT2D eigenvalue weighted by Crippen LogP contribution is -2.14. The fourth-order valence-corrected chi connectivity index (χ4v) is 4.15. The van der Waals surface area contributed by atoms with Gasteiger partial charge in [-0.05, 0) is 67.9 Å². The van der Waals surface area contributed by atoms with Crippen LogP contribution in [-0.4, -0.2) is 15.7 Å². The SMILES string of the molecule is Cc1ccc(OCn2ccc(C(=O)Nc3ccccc3Sc3ccc(Cl)cc3)n2)c(C)c1. The Bertz CT molecular complexity index is 1240. The van der Waals surface area contributed by atoms with Gasteiger partial charge in [-0.1, -0.05) is 53.2 Å². The Labute approximate surface area is 196 Å². The maximum atomic E-state index is 12.8. The van der Waals surface area contributed by atoms with E-state index < -0.39 is 0 Å². The van der Waals surface area contributed by atoms with E-state index in [4.69, 9.17) is 16.3 Å². The molecule has 0 saturated carbocycles. The van der Waals surface area contributed by atoms with E-state index in [0.717, 1.165) is 26.8 Å². The van der Waals surface area contributed by atoms with Crippen molar-refractivity contribution < 1.29 is 9.53 Å². The summed E-state index contributed by atoms with van der Waals surface area (Å²) in [6, 6.07) is 22.9. The van der Waals surface area contributed by atoms with Crippen LogP contribution in [0.2, 0.25) is 5.02 Å². The number of aromatic nitrogens is 2. The van der Waals surface area contributed by atoms with Crippen molar-refractivity contribution in [1.82, 2.24) is 9.78 Å². The molecule has 0 aliphatic heterocycles. The van der Waals surface area contributed by atoms with Gasteiger partial charge in [0.1, 0.15) is 5.75 Å². The lowest BCUT2D eigenvalue weighted by atomic mass is 10.1. The second kappa shape index (κ2) is 9.94. The Hall–Kier alpha value is -3.22. The molecule has 0 aliphatic carbocycles. The number of rotatable bonds is 7. The highest BCUT2D eigenvalue weighted by molar-refractivity contribution is 7.99. The maximum Gasteiger partial charge on any atom is 0.276 e. The fourth-order valence-electron chi connectivity index (χ4n) is 3.13. The lowest BCUT2D eigenvalue weighted by Gasteiger charge is -2.10. The minimum absolute atomic E-state index is 0.222. The average molecular weight is 464 g/mol. The van der Waals surface area contributed by atoms with Crippen LogP contribution in [0.5, 0.6) is 5.75 Å². The first-order chi connectivity index (χ1) is 15.5. The molecule has 1 amide bonds. The molecule has 5 nitrogen and oxygen atoms in total. The minimum atomic E-state index is -0.278. The molecule has 0 fully saturated rings. The van der Waals surface area contributed by atoms with Gasteiger partial charge in [-0.2, -0.15) is 5.10 Å². The summed E-state index contributed by atoms with van der Waals surface area (Å²) in [6.45, 7) is 4.27. The van der Waals surface area contributed by atoms with E-state index in [2.05, 4.69) is 16.5 Å². The Balaban J connectivity index is 1.41. The smallest absolute Gasteiger partial charge is 0.276 e. The van der Waals surface area contributed by atoms with Crippen molar-refractivity contribution in [2.24, 2.45) is 0 Å². The van der Waals surface area contributed by atoms with Crippen LogP contribution in [0.4, 0.5) is 5.69 Å².